The van der Waals surface area contributed by atoms with E-state index in [0.717, 1.165) is 53.1 Å². The van der Waals surface area contributed by atoms with Gasteiger partial charge in [0.15, 0.2) is 5.65 Å². The molecule has 12 aromatic heterocycles. The van der Waals surface area contributed by atoms with E-state index in [0.29, 0.717) is 80.5 Å². The zero-order valence-corrected chi connectivity index (χ0v) is 47.3. The van der Waals surface area contributed by atoms with Crippen molar-refractivity contribution in [1.82, 2.24) is 140 Å². The molecule has 0 atom stereocenters. The number of ether oxygens (including phenoxy) is 5. The second-order valence-corrected chi connectivity index (χ2v) is 17.5. The minimum absolute atomic E-state index is 0.0166. The van der Waals surface area contributed by atoms with Gasteiger partial charge in [-0.05, 0) is 91.8 Å². The average Bonchev–Trinajstić information content (AvgIpc) is 1.75. The molecule has 0 aliphatic rings. The van der Waals surface area contributed by atoms with Crippen molar-refractivity contribution in [3.05, 3.63) is 186 Å². The third-order valence-corrected chi connectivity index (χ3v) is 12.0. The van der Waals surface area contributed by atoms with E-state index < -0.39 is 11.4 Å². The van der Waals surface area contributed by atoms with Crippen LogP contribution in [0.5, 0.6) is 29.4 Å². The zero-order chi connectivity index (χ0) is 65.6. The van der Waals surface area contributed by atoms with Crippen molar-refractivity contribution in [2.24, 2.45) is 28.2 Å². The largest absolute Gasteiger partial charge is 0.478 e. The summed E-state index contributed by atoms with van der Waals surface area (Å²) in [6.07, 6.45) is 18.9. The van der Waals surface area contributed by atoms with Crippen molar-refractivity contribution in [2.45, 2.75) is 40.3 Å². The van der Waals surface area contributed by atoms with Gasteiger partial charge in [0.25, 0.3) is 0 Å². The average molecular weight is 1210 g/mol. The molecule has 0 aliphatic heterocycles. The first-order chi connectivity index (χ1) is 44.3. The lowest BCUT2D eigenvalue weighted by Crippen LogP contribution is -2.23. The van der Waals surface area contributed by atoms with Crippen molar-refractivity contribution in [3.8, 4) is 64.5 Å². The fourth-order valence-electron chi connectivity index (χ4n) is 7.62. The Kier molecular flexibility index (Phi) is 17.3. The van der Waals surface area contributed by atoms with Crippen LogP contribution in [0.15, 0.2) is 124 Å². The summed E-state index contributed by atoms with van der Waals surface area (Å²) in [6.45, 7) is 8.05. The lowest BCUT2D eigenvalue weighted by molar-refractivity contribution is 0.272. The second-order valence-electron chi connectivity index (χ2n) is 17.5. The normalized spacial score (nSPS) is 11.2. The van der Waals surface area contributed by atoms with Crippen LogP contribution in [0.4, 0.5) is 0 Å². The molecule has 0 fully saturated rings. The van der Waals surface area contributed by atoms with Crippen LogP contribution in [0.2, 0.25) is 5.65 Å². The molecule has 0 bridgehead atoms. The van der Waals surface area contributed by atoms with E-state index >= 15 is 0 Å². The maximum absolute atomic E-state index is 12.1. The van der Waals surface area contributed by atoms with Crippen LogP contribution in [0.1, 0.15) is 46.3 Å². The molecule has 0 spiro atoms. The van der Waals surface area contributed by atoms with Crippen LogP contribution in [-0.4, -0.2) is 146 Å². The molecule has 12 aromatic rings. The Morgan fingerprint density at radius 2 is 0.841 bits per heavy atom. The Balaban J connectivity index is 0.000000145. The van der Waals surface area contributed by atoms with Gasteiger partial charge in [-0.2, -0.15) is 37.5 Å². The molecule has 0 amide bonds. The topological polar surface area (TPSA) is 423 Å². The van der Waals surface area contributed by atoms with E-state index in [1.807, 2.05) is 13.8 Å². The van der Waals surface area contributed by atoms with Crippen molar-refractivity contribution >= 4 is 6.08 Å². The molecule has 0 aromatic carbocycles. The van der Waals surface area contributed by atoms with E-state index in [2.05, 4.69) is 94.5 Å². The highest BCUT2D eigenvalue weighted by Crippen LogP contribution is 2.25. The fourth-order valence-corrected chi connectivity index (χ4v) is 7.62. The van der Waals surface area contributed by atoms with Gasteiger partial charge in [-0.1, -0.05) is 6.58 Å². The third-order valence-electron chi connectivity index (χ3n) is 12.0. The zero-order valence-electron chi connectivity index (χ0n) is 51.3. The number of aromatic nitrogens is 28. The van der Waals surface area contributed by atoms with Crippen molar-refractivity contribution in [1.29, 1.82) is 0 Å². The van der Waals surface area contributed by atoms with Crippen LogP contribution in [0.3, 0.4) is 0 Å². The summed E-state index contributed by atoms with van der Waals surface area (Å²) in [4.78, 5) is 64.9. The van der Waals surface area contributed by atoms with E-state index in [-0.39, 0.29) is 55.4 Å². The summed E-state index contributed by atoms with van der Waals surface area (Å²) in [5.74, 6) is 3.91. The summed E-state index contributed by atoms with van der Waals surface area (Å²) in [5, 5.41) is 48.9. The van der Waals surface area contributed by atoms with E-state index in [4.69, 9.17) is 35.8 Å². The first kappa shape index (κ1) is 54.5. The van der Waals surface area contributed by atoms with E-state index in [9.17, 15) is 19.2 Å². The maximum atomic E-state index is 12.1. The number of tetrazole rings is 4. The minimum atomic E-state index is -0.421. The number of terminal acetylenes is 1. The highest BCUT2D eigenvalue weighted by molar-refractivity contribution is 5.54. The highest BCUT2D eigenvalue weighted by Gasteiger charge is 2.20. The molecule has 12 heterocycles. The highest BCUT2D eigenvalue weighted by atomic mass is 16.5. The number of hydrogen-bond acceptors (Lipinski definition) is 25. The molecule has 12 rings (SSSR count). The summed E-state index contributed by atoms with van der Waals surface area (Å²) >= 11 is 0. The van der Waals surface area contributed by atoms with Gasteiger partial charge in [-0.3, -0.25) is 30.3 Å². The molecule has 0 unspecified atom stereocenters. The number of pyridine rings is 4. The van der Waals surface area contributed by atoms with Gasteiger partial charge in [-0.25, -0.2) is 29.1 Å². The van der Waals surface area contributed by atoms with Gasteiger partial charge in [0.1, 0.15) is 32.1 Å². The fraction of sp³-hybridized carbons (Fsp3) is 0.216. The van der Waals surface area contributed by atoms with Crippen molar-refractivity contribution in [3.63, 3.8) is 0 Å². The lowest BCUT2D eigenvalue weighted by atomic mass is 10.1. The molecule has 0 saturated heterocycles. The number of nitrogens with zero attached hydrogens (tertiary/aromatic N) is 24. The molecule has 0 aliphatic carbocycles. The molecular formula is C51H52N28O9. The molecule has 37 heteroatoms. The first-order valence-corrected chi connectivity index (χ1v) is 25.6. The number of hydrogen-bond donors (Lipinski definition) is 4. The SMILES string of the molecule is [3H]n1ccc(OCc2c(-n3nnn(C)c3=O)ccnc2C#C)n1.[3H]n1ccc(OCc2c(-n3nnn(C)c3=O)ccnc2C)n1.[3H]n1ccc(OCc2c(-n3nnn(C)c3=O)ccnc2C=C)n1.[3H]n1ccc(OCc2c(-n3nnn(C)c3=O)ccnc2OCC)n1. The number of rotatable bonds is 19. The first-order valence-electron chi connectivity index (χ1n) is 27.4. The van der Waals surface area contributed by atoms with Gasteiger partial charge in [0.05, 0.1) is 40.6 Å². The number of nitrogens with one attached hydrogen (secondary N) is 4. The molecular weight excluding hydrogens is 1150 g/mol. The van der Waals surface area contributed by atoms with Crippen LogP contribution in [0, 0.1) is 19.3 Å². The second kappa shape index (κ2) is 28.0. The molecule has 450 valence electrons. The van der Waals surface area contributed by atoms with Gasteiger partial charge < -0.3 is 23.7 Å². The van der Waals surface area contributed by atoms with Crippen molar-refractivity contribution in [2.75, 3.05) is 6.61 Å². The summed E-state index contributed by atoms with van der Waals surface area (Å²) in [7, 11) is 6.04. The summed E-state index contributed by atoms with van der Waals surface area (Å²) in [6, 6.07) is 12.8. The van der Waals surface area contributed by atoms with Gasteiger partial charge in [0.2, 0.25) is 29.4 Å². The monoisotopic (exact) mass is 1210 g/mol. The van der Waals surface area contributed by atoms with Crippen LogP contribution in [-0.2, 0) is 54.6 Å². The number of H-pyrrole nitrogens is 4. The van der Waals surface area contributed by atoms with E-state index in [1.54, 1.807) is 60.9 Å². The molecule has 0 radical (unpaired) electrons. The minimum Gasteiger partial charge on any atom is -0.478 e. The Hall–Kier alpha value is -12.8. The Bertz CT molecular complexity index is 4820. The smallest absolute Gasteiger partial charge is 0.368 e. The number of aryl methyl sites for hydroxylation is 5. The third kappa shape index (κ3) is 13.8. The maximum Gasteiger partial charge on any atom is 0.368 e. The predicted octanol–water partition coefficient (Wildman–Crippen LogP) is -0.0162. The standard InChI is InChI=1S/C13H15N7O3.C13H13N7O2.C13H11N7O2.C12H13N7O2/c1-3-22-12-9(8-23-11-5-7-15-16-11)10(4-6-14-12)20-13(21)19(2)17-18-20;2*1-3-10-9(8-22-12-5-7-15-16-12)11(4-6-14-10)20-13(21)19(2)17-18-20;1-8-9(7-21-11-4-6-14-15-11)10(3-5-13-8)19-12(20)18(2)16-17-19/h4-7H,3,8H2,1-2H3,(H,15,16);3-7H,1,8H2,2H3,(H,15,16);1,4-7H,8H2,2H3,(H,15,16);3-6H,7H2,1-2H3,(H,14,15)/i/hT4. The van der Waals surface area contributed by atoms with E-state index in [1.165, 1.54) is 76.1 Å². The van der Waals surface area contributed by atoms with Gasteiger partial charge in [0, 0.05) is 124 Å². The Labute approximate surface area is 499 Å². The van der Waals surface area contributed by atoms with Crippen molar-refractivity contribution < 1.29 is 29.3 Å². The van der Waals surface area contributed by atoms with Gasteiger partial charge in [-0.15, -0.1) is 26.8 Å². The Morgan fingerprint density at radius 3 is 1.22 bits per heavy atom. The quantitative estimate of drug-likeness (QED) is 0.0773. The van der Waals surface area contributed by atoms with Gasteiger partial charge >= 0.3 is 22.8 Å². The summed E-state index contributed by atoms with van der Waals surface area (Å²) in [5.41, 5.74) is 4.30. The summed E-state index contributed by atoms with van der Waals surface area (Å²) < 4.78 is 66.0. The lowest BCUT2D eigenvalue weighted by Gasteiger charge is -2.12. The molecule has 88 heavy (non-hydrogen) atoms. The Morgan fingerprint density at radius 1 is 0.489 bits per heavy atom. The molecule has 0 saturated carbocycles. The molecule has 4 N–H and O–H groups in total. The van der Waals surface area contributed by atoms with Crippen LogP contribution >= 0.6 is 0 Å². The van der Waals surface area contributed by atoms with Crippen LogP contribution in [0.25, 0.3) is 28.8 Å². The van der Waals surface area contributed by atoms with Crippen LogP contribution < -0.4 is 46.4 Å². The number of aromatic amines is 4. The predicted molar refractivity (Wildman–Crippen MR) is 303 cm³/mol. The molecule has 37 nitrogen and oxygen atoms in total.